The highest BCUT2D eigenvalue weighted by molar-refractivity contribution is 4.80. The first-order valence-corrected chi connectivity index (χ1v) is 5.29. The normalized spacial score (nSPS) is 23.4. The number of nitrogens with two attached hydrogens (primary N) is 2. The third-order valence-electron chi connectivity index (χ3n) is 3.14. The zero-order chi connectivity index (χ0) is 15.6. The summed E-state index contributed by atoms with van der Waals surface area (Å²) in [6, 6.07) is 0. The van der Waals surface area contributed by atoms with Gasteiger partial charge in [0.25, 0.3) is 11.3 Å². The van der Waals surface area contributed by atoms with Crippen LogP contribution in [0, 0.1) is 0 Å². The van der Waals surface area contributed by atoms with E-state index in [0.717, 1.165) is 0 Å². The average Bonchev–Trinajstić information content (AvgIpc) is 2.27. The second-order valence-electron chi connectivity index (χ2n) is 4.29. The molecule has 0 bridgehead atoms. The fourth-order valence-electron chi connectivity index (χ4n) is 1.90. The first-order chi connectivity index (χ1) is 9.19. The van der Waals surface area contributed by atoms with Crippen LogP contribution in [0.15, 0.2) is 0 Å². The van der Waals surface area contributed by atoms with Crippen LogP contribution in [0.1, 0.15) is 0 Å². The van der Waals surface area contributed by atoms with Crippen molar-refractivity contribution < 1.29 is 46.5 Å². The van der Waals surface area contributed by atoms with Crippen molar-refractivity contribution in [1.82, 2.24) is 21.4 Å². The molecule has 1 saturated heterocycles. The maximum absolute atomic E-state index is 12.6. The van der Waals surface area contributed by atoms with Crippen molar-refractivity contribution in [3.8, 4) is 0 Å². The molecule has 1 heterocycles. The quantitative estimate of drug-likeness (QED) is 0.388. The third kappa shape index (κ3) is 2.94. The predicted octanol–water partition coefficient (Wildman–Crippen LogP) is -1.20. The third-order valence-corrected chi connectivity index (χ3v) is 3.14. The molecule has 0 aromatic carbocycles. The Balaban J connectivity index is 2.90. The number of quaternary nitrogens is 2. The average molecular weight is 320 g/mol. The summed E-state index contributed by atoms with van der Waals surface area (Å²) in [5.74, 6) is 0. The standard InChI is InChI=1S/C6H10F8N6/c7-17(8)5(18(9)10)1-15-3-6(19(11)12,20(13)14)4-16-2-5/h15-16H,1-4H2/p+2. The highest BCUT2D eigenvalue weighted by Crippen LogP contribution is 2.24. The second kappa shape index (κ2) is 6.31. The Bertz CT molecular complexity index is 256. The Hall–Kier alpha value is -0.800. The van der Waals surface area contributed by atoms with Gasteiger partial charge in [-0.15, -0.1) is 0 Å². The molecule has 1 rings (SSSR count). The fourth-order valence-corrected chi connectivity index (χ4v) is 1.90. The zero-order valence-corrected chi connectivity index (χ0v) is 9.80. The minimum Gasteiger partial charge on any atom is -0.340 e. The summed E-state index contributed by atoms with van der Waals surface area (Å²) >= 11 is 0. The Kier molecular flexibility index (Phi) is 5.45. The van der Waals surface area contributed by atoms with Gasteiger partial charge in [-0.1, -0.05) is 35.9 Å². The van der Waals surface area contributed by atoms with Crippen molar-refractivity contribution in [1.29, 1.82) is 0 Å². The summed E-state index contributed by atoms with van der Waals surface area (Å²) in [4.78, 5) is 0. The molecule has 0 atom stereocenters. The Labute approximate surface area is 107 Å². The summed E-state index contributed by atoms with van der Waals surface area (Å²) in [7, 11) is 0. The Morgan fingerprint density at radius 2 is 0.700 bits per heavy atom. The van der Waals surface area contributed by atoms with Gasteiger partial charge in [0.15, 0.2) is 0 Å². The van der Waals surface area contributed by atoms with Gasteiger partial charge in [-0.2, -0.15) is 0 Å². The number of hydrogen-bond donors (Lipinski definition) is 2. The van der Waals surface area contributed by atoms with Gasteiger partial charge in [-0.25, -0.2) is 0 Å². The van der Waals surface area contributed by atoms with Crippen LogP contribution in [0.5, 0.6) is 0 Å². The molecule has 1 aliphatic heterocycles. The molecule has 0 radical (unpaired) electrons. The molecule has 4 N–H and O–H groups in total. The van der Waals surface area contributed by atoms with Crippen LogP contribution >= 0.6 is 0 Å². The van der Waals surface area contributed by atoms with Crippen molar-refractivity contribution in [3.63, 3.8) is 0 Å². The van der Waals surface area contributed by atoms with Crippen LogP contribution in [0.3, 0.4) is 0 Å². The topological polar surface area (TPSA) is 46.2 Å². The number of nitrogens with zero attached hydrogens (tertiary/aromatic N) is 4. The lowest BCUT2D eigenvalue weighted by atomic mass is 10.1. The molecule has 0 spiro atoms. The summed E-state index contributed by atoms with van der Waals surface area (Å²) in [6.07, 6.45) is 0. The van der Waals surface area contributed by atoms with Gasteiger partial charge >= 0.3 is 0 Å². The summed E-state index contributed by atoms with van der Waals surface area (Å²) in [5, 5.41) is -5.94. The fraction of sp³-hybridized carbons (Fsp3) is 1.00. The van der Waals surface area contributed by atoms with Crippen molar-refractivity contribution in [2.75, 3.05) is 26.2 Å². The molecule has 6 nitrogen and oxygen atoms in total. The van der Waals surface area contributed by atoms with Gasteiger partial charge < -0.3 is 10.6 Å². The largest absolute Gasteiger partial charge is 0.340 e. The predicted molar refractivity (Wildman–Crippen MR) is 45.0 cm³/mol. The molecule has 120 valence electrons. The van der Waals surface area contributed by atoms with E-state index in [2.05, 4.69) is 0 Å². The van der Waals surface area contributed by atoms with Gasteiger partial charge in [0.2, 0.25) is 0 Å². The molecule has 14 heteroatoms. The lowest BCUT2D eigenvalue weighted by molar-refractivity contribution is -0.765. The first-order valence-electron chi connectivity index (χ1n) is 5.29. The highest BCUT2D eigenvalue weighted by atomic mass is 19.4. The van der Waals surface area contributed by atoms with E-state index in [1.807, 2.05) is 0 Å². The van der Waals surface area contributed by atoms with Crippen molar-refractivity contribution in [2.24, 2.45) is 0 Å². The lowest BCUT2D eigenvalue weighted by Crippen LogP contribution is -3.05. The van der Waals surface area contributed by atoms with Crippen LogP contribution in [0.4, 0.5) is 35.9 Å². The monoisotopic (exact) mass is 320 g/mol. The molecule has 0 aliphatic carbocycles. The Morgan fingerprint density at radius 1 is 0.500 bits per heavy atom. The van der Waals surface area contributed by atoms with Crippen molar-refractivity contribution >= 4 is 0 Å². The molecule has 0 amide bonds. The molecular formula is C6H12F8N6+2. The van der Waals surface area contributed by atoms with E-state index in [1.54, 1.807) is 0 Å². The van der Waals surface area contributed by atoms with Gasteiger partial charge in [-0.05, 0) is 0 Å². The van der Waals surface area contributed by atoms with E-state index < -0.39 is 58.9 Å². The van der Waals surface area contributed by atoms with Gasteiger partial charge in [-0.3, -0.25) is 0 Å². The molecule has 0 saturated carbocycles. The second-order valence-corrected chi connectivity index (χ2v) is 4.29. The minimum absolute atomic E-state index is 0.559. The first kappa shape index (κ1) is 17.3. The Morgan fingerprint density at radius 3 is 0.850 bits per heavy atom. The minimum atomic E-state index is -3.04. The van der Waals surface area contributed by atoms with Crippen molar-refractivity contribution in [2.45, 2.75) is 11.3 Å². The molecule has 1 fully saturated rings. The van der Waals surface area contributed by atoms with Crippen LogP contribution in [0.2, 0.25) is 0 Å². The van der Waals surface area contributed by atoms with Crippen LogP contribution in [0.25, 0.3) is 0 Å². The lowest BCUT2D eigenvalue weighted by Gasteiger charge is -2.36. The van der Waals surface area contributed by atoms with E-state index in [9.17, 15) is 35.9 Å². The van der Waals surface area contributed by atoms with Gasteiger partial charge in [0.05, 0.1) is 21.4 Å². The van der Waals surface area contributed by atoms with E-state index in [-0.39, 0.29) is 0 Å². The molecule has 0 aromatic rings. The molecular weight excluding hydrogens is 308 g/mol. The van der Waals surface area contributed by atoms with Crippen LogP contribution in [-0.2, 0) is 0 Å². The maximum atomic E-state index is 12.6. The number of halogens is 8. The number of rotatable bonds is 4. The smallest absolute Gasteiger partial charge is 0.291 e. The molecule has 20 heavy (non-hydrogen) atoms. The van der Waals surface area contributed by atoms with E-state index in [0.29, 0.717) is 10.6 Å². The molecule has 1 aliphatic rings. The van der Waals surface area contributed by atoms with E-state index >= 15 is 0 Å². The molecule has 0 aromatic heterocycles. The molecule has 0 unspecified atom stereocenters. The van der Waals surface area contributed by atoms with Crippen LogP contribution in [-0.4, -0.2) is 58.9 Å². The van der Waals surface area contributed by atoms with Gasteiger partial charge in [0, 0.05) is 0 Å². The van der Waals surface area contributed by atoms with E-state index in [4.69, 9.17) is 0 Å². The maximum Gasteiger partial charge on any atom is 0.291 e. The summed E-state index contributed by atoms with van der Waals surface area (Å²) in [6.45, 7) is -4.31. The van der Waals surface area contributed by atoms with Crippen molar-refractivity contribution in [3.05, 3.63) is 0 Å². The summed E-state index contributed by atoms with van der Waals surface area (Å²) < 4.78 is 101. The summed E-state index contributed by atoms with van der Waals surface area (Å²) in [5.41, 5.74) is -6.08. The highest BCUT2D eigenvalue weighted by Gasteiger charge is 2.58. The number of hydrogen-bond acceptors (Lipinski definition) is 4. The van der Waals surface area contributed by atoms with Crippen LogP contribution < -0.4 is 10.6 Å². The van der Waals surface area contributed by atoms with Gasteiger partial charge in [0.1, 0.15) is 26.2 Å². The zero-order valence-electron chi connectivity index (χ0n) is 9.80. The SMILES string of the molecule is FN(F)C1(N(F)F)C[NH2+]CC(N(F)F)(N(F)F)C[NH2+]C1. The van der Waals surface area contributed by atoms with E-state index in [1.165, 1.54) is 0 Å².